The highest BCUT2D eigenvalue weighted by molar-refractivity contribution is 7.08. The quantitative estimate of drug-likeness (QED) is 0.621. The second-order valence-electron chi connectivity index (χ2n) is 6.70. The number of piperidine rings is 1. The minimum absolute atomic E-state index is 0.302. The Morgan fingerprint density at radius 2 is 2.00 bits per heavy atom. The summed E-state index contributed by atoms with van der Waals surface area (Å²) in [4.78, 5) is 13.9. The van der Waals surface area contributed by atoms with Crippen molar-refractivity contribution in [2.45, 2.75) is 25.3 Å². The van der Waals surface area contributed by atoms with Crippen LogP contribution in [0.4, 0.5) is 0 Å². The molecule has 0 spiro atoms. The summed E-state index contributed by atoms with van der Waals surface area (Å²) >= 11 is 1.62. The molecule has 3 aromatic rings. The molecule has 0 unspecified atom stereocenters. The van der Waals surface area contributed by atoms with E-state index in [1.54, 1.807) is 11.3 Å². The molecule has 0 aliphatic carbocycles. The number of carbonyl (C=O) groups excluding carboxylic acids is 1. The monoisotopic (exact) mass is 383 g/mol. The predicted octanol–water partition coefficient (Wildman–Crippen LogP) is 3.96. The Morgan fingerprint density at radius 3 is 2.67 bits per heavy atom. The molecule has 0 amide bonds. The van der Waals surface area contributed by atoms with E-state index in [0.29, 0.717) is 17.4 Å². The highest BCUT2D eigenvalue weighted by atomic mass is 32.1. The lowest BCUT2D eigenvalue weighted by Crippen LogP contribution is -2.32. The van der Waals surface area contributed by atoms with Crippen molar-refractivity contribution in [3.8, 4) is 11.5 Å². The van der Waals surface area contributed by atoms with Crippen molar-refractivity contribution < 1.29 is 13.9 Å². The van der Waals surface area contributed by atoms with Crippen molar-refractivity contribution in [3.63, 3.8) is 0 Å². The van der Waals surface area contributed by atoms with E-state index >= 15 is 0 Å². The molecule has 1 aromatic carbocycles. The number of rotatable bonds is 5. The number of ether oxygens (including phenoxy) is 1. The highest BCUT2D eigenvalue weighted by Crippen LogP contribution is 2.30. The number of methoxy groups -OCH3 is 1. The van der Waals surface area contributed by atoms with Gasteiger partial charge >= 0.3 is 5.97 Å². The third-order valence-corrected chi connectivity index (χ3v) is 5.61. The molecule has 3 heterocycles. The number of aromatic nitrogens is 2. The molecule has 0 bridgehead atoms. The van der Waals surface area contributed by atoms with Crippen molar-refractivity contribution in [1.29, 1.82) is 0 Å². The van der Waals surface area contributed by atoms with Crippen LogP contribution in [-0.2, 0) is 11.3 Å². The molecule has 0 atom stereocenters. The van der Waals surface area contributed by atoms with Gasteiger partial charge in [0, 0.05) is 23.4 Å². The van der Waals surface area contributed by atoms with E-state index in [0.717, 1.165) is 43.9 Å². The van der Waals surface area contributed by atoms with Crippen LogP contribution >= 0.6 is 11.3 Å². The Morgan fingerprint density at radius 1 is 1.22 bits per heavy atom. The molecule has 1 saturated heterocycles. The molecule has 7 heteroatoms. The zero-order chi connectivity index (χ0) is 18.6. The Hall–Kier alpha value is -2.51. The van der Waals surface area contributed by atoms with Gasteiger partial charge in [0.2, 0.25) is 11.8 Å². The Balaban J connectivity index is 1.32. The van der Waals surface area contributed by atoms with Crippen LogP contribution in [0.3, 0.4) is 0 Å². The maximum absolute atomic E-state index is 11.5. The summed E-state index contributed by atoms with van der Waals surface area (Å²) in [7, 11) is 1.40. The van der Waals surface area contributed by atoms with Crippen molar-refractivity contribution in [2.24, 2.45) is 0 Å². The van der Waals surface area contributed by atoms with E-state index in [-0.39, 0.29) is 5.97 Å². The second-order valence-corrected chi connectivity index (χ2v) is 7.48. The van der Waals surface area contributed by atoms with Crippen LogP contribution < -0.4 is 0 Å². The largest absolute Gasteiger partial charge is 0.465 e. The van der Waals surface area contributed by atoms with Crippen LogP contribution in [0.5, 0.6) is 0 Å². The van der Waals surface area contributed by atoms with Crippen molar-refractivity contribution in [3.05, 3.63) is 58.1 Å². The Labute approximate surface area is 161 Å². The first-order valence-electron chi connectivity index (χ1n) is 8.98. The van der Waals surface area contributed by atoms with Crippen LogP contribution in [-0.4, -0.2) is 41.3 Å². The van der Waals surface area contributed by atoms with Crippen LogP contribution in [0.15, 0.2) is 45.5 Å². The maximum atomic E-state index is 11.5. The molecule has 1 aliphatic rings. The van der Waals surface area contributed by atoms with Gasteiger partial charge in [0.15, 0.2) is 0 Å². The standard InChI is InChI=1S/C20H21N3O3S/c1-25-20(24)16-4-2-14(3-5-16)12-23-9-6-15(7-10-23)18-21-22-19(26-18)17-8-11-27-13-17/h2-5,8,11,13,15H,6-7,9-10,12H2,1H3. The van der Waals surface area contributed by atoms with Gasteiger partial charge in [-0.1, -0.05) is 12.1 Å². The maximum Gasteiger partial charge on any atom is 0.337 e. The van der Waals surface area contributed by atoms with Gasteiger partial charge < -0.3 is 9.15 Å². The van der Waals surface area contributed by atoms with Crippen molar-refractivity contribution in [1.82, 2.24) is 15.1 Å². The fourth-order valence-electron chi connectivity index (χ4n) is 3.36. The van der Waals surface area contributed by atoms with Gasteiger partial charge in [0.1, 0.15) is 0 Å². The third-order valence-electron chi connectivity index (χ3n) is 4.93. The summed E-state index contributed by atoms with van der Waals surface area (Å²) < 4.78 is 10.6. The molecule has 0 N–H and O–H groups in total. The number of thiophene rings is 1. The molecule has 140 valence electrons. The normalized spacial score (nSPS) is 15.7. The van der Waals surface area contributed by atoms with E-state index in [4.69, 9.17) is 9.15 Å². The van der Waals surface area contributed by atoms with Crippen LogP contribution in [0.1, 0.15) is 40.6 Å². The zero-order valence-electron chi connectivity index (χ0n) is 15.1. The molecular formula is C20H21N3O3S. The first kappa shape index (κ1) is 17.9. The Bertz CT molecular complexity index is 882. The minimum atomic E-state index is -0.302. The molecule has 27 heavy (non-hydrogen) atoms. The summed E-state index contributed by atoms with van der Waals surface area (Å²) in [6, 6.07) is 9.61. The summed E-state index contributed by atoms with van der Waals surface area (Å²) in [5, 5.41) is 12.5. The summed E-state index contributed by atoms with van der Waals surface area (Å²) in [6.07, 6.45) is 2.01. The van der Waals surface area contributed by atoms with Gasteiger partial charge in [0.25, 0.3) is 0 Å². The topological polar surface area (TPSA) is 68.5 Å². The zero-order valence-corrected chi connectivity index (χ0v) is 15.9. The lowest BCUT2D eigenvalue weighted by molar-refractivity contribution is 0.0600. The molecule has 0 saturated carbocycles. The minimum Gasteiger partial charge on any atom is -0.465 e. The molecule has 1 aliphatic heterocycles. The van der Waals surface area contributed by atoms with Gasteiger partial charge in [-0.3, -0.25) is 4.90 Å². The number of nitrogens with zero attached hydrogens (tertiary/aromatic N) is 3. The van der Waals surface area contributed by atoms with Crippen LogP contribution in [0.25, 0.3) is 11.5 Å². The average Bonchev–Trinajstić information content (AvgIpc) is 3.40. The lowest BCUT2D eigenvalue weighted by atomic mass is 9.96. The van der Waals surface area contributed by atoms with E-state index in [9.17, 15) is 4.79 Å². The van der Waals surface area contributed by atoms with Crippen LogP contribution in [0, 0.1) is 0 Å². The lowest BCUT2D eigenvalue weighted by Gasteiger charge is -2.30. The fourth-order valence-corrected chi connectivity index (χ4v) is 3.99. The van der Waals surface area contributed by atoms with Gasteiger partial charge in [-0.2, -0.15) is 11.3 Å². The second kappa shape index (κ2) is 8.02. The number of esters is 1. The first-order valence-corrected chi connectivity index (χ1v) is 9.93. The van der Waals surface area contributed by atoms with E-state index in [1.807, 2.05) is 41.1 Å². The first-order chi connectivity index (χ1) is 13.2. The van der Waals surface area contributed by atoms with Gasteiger partial charge in [-0.05, 0) is 55.1 Å². The van der Waals surface area contributed by atoms with Crippen molar-refractivity contribution >= 4 is 17.3 Å². The molecule has 2 aromatic heterocycles. The number of benzene rings is 1. The summed E-state index contributed by atoms with van der Waals surface area (Å²) in [6.45, 7) is 2.84. The van der Waals surface area contributed by atoms with E-state index < -0.39 is 0 Å². The smallest absolute Gasteiger partial charge is 0.337 e. The molecule has 0 radical (unpaired) electrons. The average molecular weight is 383 g/mol. The summed E-state index contributed by atoms with van der Waals surface area (Å²) in [5.74, 6) is 1.38. The SMILES string of the molecule is COC(=O)c1ccc(CN2CCC(c3nnc(-c4ccsc4)o3)CC2)cc1. The fraction of sp³-hybridized carbons (Fsp3) is 0.350. The summed E-state index contributed by atoms with van der Waals surface area (Å²) in [5.41, 5.74) is 2.77. The third kappa shape index (κ3) is 4.09. The predicted molar refractivity (Wildman–Crippen MR) is 103 cm³/mol. The van der Waals surface area contributed by atoms with E-state index in [2.05, 4.69) is 15.1 Å². The van der Waals surface area contributed by atoms with Crippen LogP contribution in [0.2, 0.25) is 0 Å². The number of likely N-dealkylation sites (tertiary alicyclic amines) is 1. The van der Waals surface area contributed by atoms with Gasteiger partial charge in [-0.15, -0.1) is 10.2 Å². The Kier molecular flexibility index (Phi) is 5.31. The molecular weight excluding hydrogens is 362 g/mol. The number of hydrogen-bond donors (Lipinski definition) is 0. The highest BCUT2D eigenvalue weighted by Gasteiger charge is 2.25. The van der Waals surface area contributed by atoms with Crippen molar-refractivity contribution in [2.75, 3.05) is 20.2 Å². The number of carbonyl (C=O) groups is 1. The number of hydrogen-bond acceptors (Lipinski definition) is 7. The molecule has 4 rings (SSSR count). The molecule has 1 fully saturated rings. The van der Waals surface area contributed by atoms with Gasteiger partial charge in [0.05, 0.1) is 12.7 Å². The van der Waals surface area contributed by atoms with Gasteiger partial charge in [-0.25, -0.2) is 4.79 Å². The van der Waals surface area contributed by atoms with E-state index in [1.165, 1.54) is 12.7 Å². The molecule has 6 nitrogen and oxygen atoms in total.